The van der Waals surface area contributed by atoms with Crippen LogP contribution in [-0.2, 0) is 9.47 Å². The van der Waals surface area contributed by atoms with Gasteiger partial charge in [-0.3, -0.25) is 0 Å². The largest absolute Gasteiger partial charge is 0.485 e. The number of carbonyl (C=O) groups is 1. The molecule has 39 heavy (non-hydrogen) atoms. The summed E-state index contributed by atoms with van der Waals surface area (Å²) in [5, 5.41) is 13.0. The van der Waals surface area contributed by atoms with E-state index >= 15 is 0 Å². The van der Waals surface area contributed by atoms with E-state index < -0.39 is 5.60 Å². The fourth-order valence-corrected chi connectivity index (χ4v) is 4.33. The molecule has 10 nitrogen and oxygen atoms in total. The second kappa shape index (κ2) is 11.2. The molecule has 0 spiro atoms. The lowest BCUT2D eigenvalue weighted by Crippen LogP contribution is -2.57. The van der Waals surface area contributed by atoms with Crippen molar-refractivity contribution in [2.24, 2.45) is 0 Å². The van der Waals surface area contributed by atoms with Gasteiger partial charge in [-0.15, -0.1) is 0 Å². The molecule has 1 aromatic heterocycles. The summed E-state index contributed by atoms with van der Waals surface area (Å²) in [4.78, 5) is 25.0. The maximum Gasteiger partial charge on any atom is 0.410 e. The molecule has 5 rings (SSSR count). The van der Waals surface area contributed by atoms with Gasteiger partial charge < -0.3 is 29.3 Å². The van der Waals surface area contributed by atoms with Crippen LogP contribution in [0.15, 0.2) is 54.7 Å². The normalized spacial score (nSPS) is 15.7. The average molecular weight is 529 g/mol. The molecule has 0 unspecified atom stereocenters. The third-order valence-corrected chi connectivity index (χ3v) is 6.34. The van der Waals surface area contributed by atoms with E-state index in [1.165, 1.54) is 0 Å². The first-order valence-corrected chi connectivity index (χ1v) is 13.0. The first-order valence-electron chi connectivity index (χ1n) is 13.0. The minimum atomic E-state index is -0.545. The maximum absolute atomic E-state index is 12.2. The molecule has 3 aromatic rings. The Hall–Kier alpha value is -4.36. The lowest BCUT2D eigenvalue weighted by atomic mass is 10.1. The Labute approximate surface area is 228 Å². The van der Waals surface area contributed by atoms with Gasteiger partial charge >= 0.3 is 6.09 Å². The number of aromatic nitrogens is 2. The van der Waals surface area contributed by atoms with Crippen LogP contribution in [-0.4, -0.2) is 72.1 Å². The van der Waals surface area contributed by atoms with Crippen LogP contribution in [0.5, 0.6) is 5.75 Å². The first-order chi connectivity index (χ1) is 18.8. The predicted molar refractivity (Wildman–Crippen MR) is 147 cm³/mol. The number of nitrogens with zero attached hydrogens (tertiary/aromatic N) is 5. The smallest absolute Gasteiger partial charge is 0.410 e. The molecule has 3 heterocycles. The lowest BCUT2D eigenvalue weighted by molar-refractivity contribution is -0.0222. The summed E-state index contributed by atoms with van der Waals surface area (Å²) in [6, 6.07) is 17.6. The van der Waals surface area contributed by atoms with Gasteiger partial charge in [0.25, 0.3) is 0 Å². The Kier molecular flexibility index (Phi) is 7.52. The van der Waals surface area contributed by atoms with Crippen LogP contribution in [0.25, 0.3) is 11.3 Å². The summed E-state index contributed by atoms with van der Waals surface area (Å²) < 4.78 is 16.8. The highest BCUT2D eigenvalue weighted by atomic mass is 16.6. The van der Waals surface area contributed by atoms with Gasteiger partial charge in [-0.1, -0.05) is 0 Å². The molecule has 1 amide bonds. The van der Waals surface area contributed by atoms with Crippen molar-refractivity contribution in [3.63, 3.8) is 0 Å². The molecule has 0 saturated carbocycles. The topological polar surface area (TPSA) is 113 Å². The van der Waals surface area contributed by atoms with Gasteiger partial charge in [0.1, 0.15) is 23.5 Å². The third kappa shape index (κ3) is 6.56. The molecule has 2 aromatic carbocycles. The fraction of sp³-hybridized carbons (Fsp3) is 0.379. The minimum Gasteiger partial charge on any atom is -0.485 e. The second-order valence-electron chi connectivity index (χ2n) is 10.5. The van der Waals surface area contributed by atoms with E-state index in [0.717, 1.165) is 43.2 Å². The number of hydrogen-bond donors (Lipinski definition) is 1. The van der Waals surface area contributed by atoms with Crippen LogP contribution in [0.1, 0.15) is 26.3 Å². The maximum atomic E-state index is 12.2. The number of rotatable bonds is 6. The lowest BCUT2D eigenvalue weighted by Gasteiger charge is -2.39. The molecule has 0 radical (unpaired) electrons. The van der Waals surface area contributed by atoms with Crippen LogP contribution in [0.4, 0.5) is 22.1 Å². The van der Waals surface area contributed by atoms with E-state index in [2.05, 4.69) is 38.4 Å². The number of nitrogens with one attached hydrogen (secondary N) is 1. The Morgan fingerprint density at radius 1 is 1.10 bits per heavy atom. The molecule has 10 heteroatoms. The van der Waals surface area contributed by atoms with Gasteiger partial charge in [-0.25, -0.2) is 14.8 Å². The summed E-state index contributed by atoms with van der Waals surface area (Å²) in [6.45, 7) is 9.59. The van der Waals surface area contributed by atoms with Crippen molar-refractivity contribution in [2.75, 3.05) is 49.6 Å². The summed E-state index contributed by atoms with van der Waals surface area (Å²) >= 11 is 0. The average Bonchev–Trinajstić information content (AvgIpc) is 2.90. The van der Waals surface area contributed by atoms with Gasteiger partial charge in [0.15, 0.2) is 0 Å². The van der Waals surface area contributed by atoms with E-state index in [1.54, 1.807) is 29.3 Å². The van der Waals surface area contributed by atoms with Crippen LogP contribution >= 0.6 is 0 Å². The number of nitriles is 1. The molecular formula is C29H32N6O4. The van der Waals surface area contributed by atoms with Crippen LogP contribution in [0.3, 0.4) is 0 Å². The van der Waals surface area contributed by atoms with Crippen molar-refractivity contribution >= 4 is 23.4 Å². The van der Waals surface area contributed by atoms with Gasteiger partial charge in [0.2, 0.25) is 5.95 Å². The standard InChI is InChI=1S/C29H32N6O4/c1-29(2,3)39-28(36)35-18-24(19-35)38-26-9-4-20(16-21(26)17-30)25-10-11-31-27(33-25)32-22-5-7-23(8-6-22)34-12-14-37-15-13-34/h4-11,16,24H,12-15,18-19H2,1-3H3,(H,31,32,33). The first kappa shape index (κ1) is 26.3. The molecule has 2 aliphatic heterocycles. The van der Waals surface area contributed by atoms with E-state index in [4.69, 9.17) is 14.2 Å². The van der Waals surface area contributed by atoms with Gasteiger partial charge in [0.05, 0.1) is 37.6 Å². The molecule has 2 fully saturated rings. The molecule has 0 aliphatic carbocycles. The Morgan fingerprint density at radius 2 is 1.85 bits per heavy atom. The molecule has 0 bridgehead atoms. The van der Waals surface area contributed by atoms with Crippen molar-refractivity contribution in [3.8, 4) is 23.1 Å². The van der Waals surface area contributed by atoms with E-state index in [1.807, 2.05) is 39.0 Å². The SMILES string of the molecule is CC(C)(C)OC(=O)N1CC(Oc2ccc(-c3ccnc(Nc4ccc(N5CCOCC5)cc4)n3)cc2C#N)C1. The fourth-order valence-electron chi connectivity index (χ4n) is 4.33. The van der Waals surface area contributed by atoms with Gasteiger partial charge in [-0.05, 0) is 69.3 Å². The monoisotopic (exact) mass is 528 g/mol. The second-order valence-corrected chi connectivity index (χ2v) is 10.5. The summed E-state index contributed by atoms with van der Waals surface area (Å²) in [7, 11) is 0. The van der Waals surface area contributed by atoms with E-state index in [-0.39, 0.29) is 12.2 Å². The van der Waals surface area contributed by atoms with Crippen LogP contribution in [0, 0.1) is 11.3 Å². The highest BCUT2D eigenvalue weighted by Crippen LogP contribution is 2.29. The van der Waals surface area contributed by atoms with Crippen molar-refractivity contribution in [1.29, 1.82) is 5.26 Å². The summed E-state index contributed by atoms with van der Waals surface area (Å²) in [5.74, 6) is 0.935. The number of ether oxygens (including phenoxy) is 3. The number of benzene rings is 2. The van der Waals surface area contributed by atoms with E-state index in [0.29, 0.717) is 36.0 Å². The number of anilines is 3. The van der Waals surface area contributed by atoms with Crippen molar-refractivity contribution < 1.29 is 19.0 Å². The van der Waals surface area contributed by atoms with Crippen LogP contribution in [0.2, 0.25) is 0 Å². The zero-order valence-corrected chi connectivity index (χ0v) is 22.4. The number of morpholine rings is 1. The molecule has 0 atom stereocenters. The highest BCUT2D eigenvalue weighted by molar-refractivity contribution is 5.69. The van der Waals surface area contributed by atoms with Gasteiger partial charge in [0, 0.05) is 36.2 Å². The van der Waals surface area contributed by atoms with Crippen molar-refractivity contribution in [2.45, 2.75) is 32.5 Å². The number of hydrogen-bond acceptors (Lipinski definition) is 9. The van der Waals surface area contributed by atoms with Crippen molar-refractivity contribution in [1.82, 2.24) is 14.9 Å². The Balaban J connectivity index is 1.22. The highest BCUT2D eigenvalue weighted by Gasteiger charge is 2.35. The van der Waals surface area contributed by atoms with Gasteiger partial charge in [-0.2, -0.15) is 5.26 Å². The molecule has 1 N–H and O–H groups in total. The molecule has 2 saturated heterocycles. The molecule has 202 valence electrons. The number of amides is 1. The number of carbonyl (C=O) groups excluding carboxylic acids is 1. The molecule has 2 aliphatic rings. The number of likely N-dealkylation sites (tertiary alicyclic amines) is 1. The third-order valence-electron chi connectivity index (χ3n) is 6.34. The van der Waals surface area contributed by atoms with Crippen LogP contribution < -0.4 is 15.0 Å². The summed E-state index contributed by atoms with van der Waals surface area (Å²) in [5.41, 5.74) is 3.35. The zero-order valence-electron chi connectivity index (χ0n) is 22.4. The Bertz CT molecular complexity index is 1350. The zero-order chi connectivity index (χ0) is 27.4. The molecular weight excluding hydrogens is 496 g/mol. The summed E-state index contributed by atoms with van der Waals surface area (Å²) in [6.07, 6.45) is 1.13. The predicted octanol–water partition coefficient (Wildman–Crippen LogP) is 4.59. The van der Waals surface area contributed by atoms with Crippen molar-refractivity contribution in [3.05, 3.63) is 60.3 Å². The minimum absolute atomic E-state index is 0.194. The quantitative estimate of drug-likeness (QED) is 0.491. The van der Waals surface area contributed by atoms with E-state index in [9.17, 15) is 10.1 Å². The Morgan fingerprint density at radius 3 is 2.54 bits per heavy atom.